The molecule has 3 saturated heterocycles. The maximum absolute atomic E-state index is 12.8. The summed E-state index contributed by atoms with van der Waals surface area (Å²) >= 11 is 0. The van der Waals surface area contributed by atoms with Crippen molar-refractivity contribution < 1.29 is 4.79 Å². The second-order valence-electron chi connectivity index (χ2n) is 10.1. The molecule has 0 radical (unpaired) electrons. The van der Waals surface area contributed by atoms with E-state index < -0.39 is 0 Å². The zero-order valence-electron chi connectivity index (χ0n) is 18.9. The average Bonchev–Trinajstić information content (AvgIpc) is 2.74. The molecule has 0 aliphatic carbocycles. The van der Waals surface area contributed by atoms with Gasteiger partial charge in [-0.3, -0.25) is 0 Å². The number of hydrogen-bond donors (Lipinski definition) is 0. The van der Waals surface area contributed by atoms with E-state index in [2.05, 4.69) is 35.5 Å². The molecule has 3 fully saturated rings. The number of carbonyl (C=O) groups is 1. The second kappa shape index (κ2) is 10.8. The lowest BCUT2D eigenvalue weighted by atomic mass is 9.86. The molecule has 28 heavy (non-hydrogen) atoms. The van der Waals surface area contributed by atoms with Gasteiger partial charge >= 0.3 is 6.03 Å². The highest BCUT2D eigenvalue weighted by atomic mass is 16.2. The van der Waals surface area contributed by atoms with Gasteiger partial charge in [-0.1, -0.05) is 27.2 Å². The summed E-state index contributed by atoms with van der Waals surface area (Å²) in [5, 5.41) is 0. The van der Waals surface area contributed by atoms with E-state index in [0.29, 0.717) is 6.03 Å². The Hall–Kier alpha value is -0.770. The Labute approximate surface area is 174 Å². The van der Waals surface area contributed by atoms with Crippen LogP contribution in [0.3, 0.4) is 0 Å². The van der Waals surface area contributed by atoms with Crippen LogP contribution in [0.15, 0.2) is 0 Å². The lowest BCUT2D eigenvalue weighted by Gasteiger charge is -2.39. The number of piperidine rings is 3. The van der Waals surface area contributed by atoms with E-state index in [0.717, 1.165) is 49.9 Å². The summed E-state index contributed by atoms with van der Waals surface area (Å²) in [5.41, 5.74) is 0. The first kappa shape index (κ1) is 21.9. The van der Waals surface area contributed by atoms with Crippen molar-refractivity contribution in [3.05, 3.63) is 0 Å². The minimum atomic E-state index is 0.320. The van der Waals surface area contributed by atoms with Gasteiger partial charge in [0.2, 0.25) is 0 Å². The van der Waals surface area contributed by atoms with E-state index in [9.17, 15) is 4.79 Å². The van der Waals surface area contributed by atoms with Gasteiger partial charge in [-0.05, 0) is 94.7 Å². The third-order valence-electron chi connectivity index (χ3n) is 8.01. The van der Waals surface area contributed by atoms with Crippen molar-refractivity contribution in [3.8, 4) is 0 Å². The topological polar surface area (TPSA) is 26.8 Å². The summed E-state index contributed by atoms with van der Waals surface area (Å²) < 4.78 is 0. The molecule has 2 amide bonds. The largest absolute Gasteiger partial charge is 0.325 e. The third-order valence-corrected chi connectivity index (χ3v) is 8.01. The van der Waals surface area contributed by atoms with Crippen molar-refractivity contribution in [2.24, 2.45) is 23.7 Å². The summed E-state index contributed by atoms with van der Waals surface area (Å²) in [7, 11) is 0. The Kier molecular flexibility index (Phi) is 8.50. The van der Waals surface area contributed by atoms with E-state index in [4.69, 9.17) is 0 Å². The number of nitrogens with zero attached hydrogens (tertiary/aromatic N) is 3. The summed E-state index contributed by atoms with van der Waals surface area (Å²) in [6.45, 7) is 14.9. The van der Waals surface area contributed by atoms with Crippen molar-refractivity contribution in [3.63, 3.8) is 0 Å². The summed E-state index contributed by atoms with van der Waals surface area (Å²) in [4.78, 5) is 19.7. The van der Waals surface area contributed by atoms with Crippen molar-refractivity contribution in [2.75, 3.05) is 45.8 Å². The number of urea groups is 1. The Morgan fingerprint density at radius 3 is 1.86 bits per heavy atom. The molecule has 0 unspecified atom stereocenters. The molecule has 4 nitrogen and oxygen atoms in total. The summed E-state index contributed by atoms with van der Waals surface area (Å²) in [6, 6.07) is 0.320. The fourth-order valence-corrected chi connectivity index (χ4v) is 5.59. The average molecular weight is 392 g/mol. The van der Waals surface area contributed by atoms with E-state index in [-0.39, 0.29) is 0 Å². The Morgan fingerprint density at radius 1 is 0.821 bits per heavy atom. The van der Waals surface area contributed by atoms with Crippen LogP contribution in [0.4, 0.5) is 4.79 Å². The van der Waals surface area contributed by atoms with Gasteiger partial charge in [-0.15, -0.1) is 0 Å². The van der Waals surface area contributed by atoms with Gasteiger partial charge in [0.25, 0.3) is 0 Å². The van der Waals surface area contributed by atoms with Crippen molar-refractivity contribution in [1.82, 2.24) is 14.7 Å². The molecule has 162 valence electrons. The van der Waals surface area contributed by atoms with Crippen molar-refractivity contribution >= 4 is 6.03 Å². The Bertz CT molecular complexity index is 456. The minimum Gasteiger partial charge on any atom is -0.325 e. The highest BCUT2D eigenvalue weighted by molar-refractivity contribution is 5.74. The van der Waals surface area contributed by atoms with Gasteiger partial charge in [0.05, 0.1) is 0 Å². The molecule has 0 atom stereocenters. The molecule has 3 aliphatic heterocycles. The lowest BCUT2D eigenvalue weighted by Crippen LogP contribution is -2.49. The molecule has 0 spiro atoms. The fraction of sp³-hybridized carbons (Fsp3) is 0.958. The fourth-order valence-electron chi connectivity index (χ4n) is 5.59. The predicted molar refractivity (Wildman–Crippen MR) is 118 cm³/mol. The molecule has 0 aromatic heterocycles. The number of rotatable bonds is 6. The lowest BCUT2D eigenvalue weighted by molar-refractivity contribution is 0.112. The van der Waals surface area contributed by atoms with Crippen LogP contribution in [0, 0.1) is 23.7 Å². The molecule has 3 aliphatic rings. The van der Waals surface area contributed by atoms with Gasteiger partial charge in [0.15, 0.2) is 0 Å². The van der Waals surface area contributed by atoms with Gasteiger partial charge < -0.3 is 14.7 Å². The molecular formula is C24H45N3O. The van der Waals surface area contributed by atoms with Crippen LogP contribution in [0.2, 0.25) is 0 Å². The van der Waals surface area contributed by atoms with Gasteiger partial charge in [0.1, 0.15) is 0 Å². The van der Waals surface area contributed by atoms with Crippen LogP contribution in [-0.2, 0) is 0 Å². The molecule has 3 heterocycles. The molecule has 3 rings (SSSR count). The van der Waals surface area contributed by atoms with E-state index in [1.165, 1.54) is 77.4 Å². The zero-order valence-corrected chi connectivity index (χ0v) is 18.9. The van der Waals surface area contributed by atoms with E-state index in [1.807, 2.05) is 0 Å². The van der Waals surface area contributed by atoms with E-state index in [1.54, 1.807) is 0 Å². The molecular weight excluding hydrogens is 346 g/mol. The van der Waals surface area contributed by atoms with Crippen LogP contribution in [0.25, 0.3) is 0 Å². The number of carbonyl (C=O) groups excluding carboxylic acids is 1. The maximum Gasteiger partial charge on any atom is 0.319 e. The van der Waals surface area contributed by atoms with Crippen LogP contribution >= 0.6 is 0 Å². The maximum atomic E-state index is 12.8. The van der Waals surface area contributed by atoms with Gasteiger partial charge in [-0.25, -0.2) is 4.79 Å². The van der Waals surface area contributed by atoms with Crippen molar-refractivity contribution in [1.29, 1.82) is 0 Å². The van der Waals surface area contributed by atoms with Crippen LogP contribution < -0.4 is 0 Å². The zero-order chi connectivity index (χ0) is 19.9. The smallest absolute Gasteiger partial charge is 0.319 e. The molecule has 0 N–H and O–H groups in total. The third kappa shape index (κ3) is 6.11. The first-order valence-corrected chi connectivity index (χ1v) is 12.3. The van der Waals surface area contributed by atoms with Crippen molar-refractivity contribution in [2.45, 2.75) is 78.6 Å². The minimum absolute atomic E-state index is 0.320. The Balaban J connectivity index is 1.28. The molecule has 0 saturated carbocycles. The summed E-state index contributed by atoms with van der Waals surface area (Å²) in [5.74, 6) is 3.48. The molecule has 0 aromatic rings. The van der Waals surface area contributed by atoms with E-state index >= 15 is 0 Å². The molecule has 0 aromatic carbocycles. The first-order chi connectivity index (χ1) is 13.6. The molecule has 0 bridgehead atoms. The number of amides is 2. The quantitative estimate of drug-likeness (QED) is 0.630. The predicted octanol–water partition coefficient (Wildman–Crippen LogP) is 5.09. The monoisotopic (exact) mass is 391 g/mol. The van der Waals surface area contributed by atoms with Crippen LogP contribution in [0.5, 0.6) is 0 Å². The number of hydrogen-bond acceptors (Lipinski definition) is 2. The normalized spacial score (nSPS) is 24.3. The summed E-state index contributed by atoms with van der Waals surface area (Å²) in [6.07, 6.45) is 11.6. The van der Waals surface area contributed by atoms with Crippen LogP contribution in [-0.4, -0.2) is 66.5 Å². The van der Waals surface area contributed by atoms with Crippen LogP contribution in [0.1, 0.15) is 78.6 Å². The Morgan fingerprint density at radius 2 is 1.36 bits per heavy atom. The van der Waals surface area contributed by atoms with Gasteiger partial charge in [0, 0.05) is 26.2 Å². The highest BCUT2D eigenvalue weighted by Crippen LogP contribution is 2.27. The first-order valence-electron chi connectivity index (χ1n) is 12.3. The standard InChI is InChI=1S/C24H45N3O/c1-4-21-7-16-26(17-8-21)24(28)27-18-9-22(10-19-27)6-5-13-25-14-11-23(12-15-25)20(2)3/h20-23H,4-19H2,1-3H3. The SMILES string of the molecule is CCC1CCN(C(=O)N2CCC(CCCN3CCC(C(C)C)CC3)CC2)CC1. The second-order valence-corrected chi connectivity index (χ2v) is 10.1. The van der Waals surface area contributed by atoms with Gasteiger partial charge in [-0.2, -0.15) is 0 Å². The number of likely N-dealkylation sites (tertiary alicyclic amines) is 3. The molecule has 4 heteroatoms. The highest BCUT2D eigenvalue weighted by Gasteiger charge is 2.29.